The van der Waals surface area contributed by atoms with Crippen LogP contribution < -0.4 is 0 Å². The predicted molar refractivity (Wildman–Crippen MR) is 96.4 cm³/mol. The Kier molecular flexibility index (Phi) is 5.81. The summed E-state index contributed by atoms with van der Waals surface area (Å²) in [5, 5.41) is 3.00. The van der Waals surface area contributed by atoms with Crippen LogP contribution in [0.15, 0.2) is 22.8 Å². The highest BCUT2D eigenvalue weighted by Gasteiger charge is 2.49. The van der Waals surface area contributed by atoms with Crippen molar-refractivity contribution in [2.75, 3.05) is 19.6 Å². The van der Waals surface area contributed by atoms with E-state index in [1.165, 1.54) is 5.01 Å². The highest BCUT2D eigenvalue weighted by Crippen LogP contribution is 2.28. The molecule has 8 heteroatoms. The van der Waals surface area contributed by atoms with Gasteiger partial charge in [-0.15, -0.1) is 6.42 Å². The number of hydrogen-bond donors (Lipinski definition) is 0. The van der Waals surface area contributed by atoms with Crippen LogP contribution in [0.4, 0.5) is 0 Å². The molecule has 2 fully saturated rings. The van der Waals surface area contributed by atoms with E-state index in [1.807, 2.05) is 6.92 Å². The van der Waals surface area contributed by atoms with E-state index in [9.17, 15) is 14.4 Å². The number of amides is 3. The number of fused-ring (bicyclic) bond motifs is 1. The zero-order chi connectivity index (χ0) is 19.4. The van der Waals surface area contributed by atoms with E-state index in [2.05, 4.69) is 5.92 Å². The largest absolute Gasteiger partial charge is 0.467 e. The number of piperazine rings is 1. The summed E-state index contributed by atoms with van der Waals surface area (Å²) < 4.78 is 5.38. The van der Waals surface area contributed by atoms with Gasteiger partial charge in [-0.25, -0.2) is 0 Å². The molecule has 1 aromatic rings. The summed E-state index contributed by atoms with van der Waals surface area (Å²) in [6.45, 7) is 2.70. The van der Waals surface area contributed by atoms with E-state index < -0.39 is 12.2 Å². The number of terminal acetylenes is 1. The molecule has 0 bridgehead atoms. The summed E-state index contributed by atoms with van der Waals surface area (Å²) in [5.74, 6) is 2.85. The smallest absolute Gasteiger partial charge is 0.246 e. The van der Waals surface area contributed by atoms with Crippen LogP contribution in [0.5, 0.6) is 0 Å². The Bertz CT molecular complexity index is 727. The Labute approximate surface area is 158 Å². The molecule has 8 nitrogen and oxygen atoms in total. The number of rotatable bonds is 7. The molecule has 2 aliphatic rings. The van der Waals surface area contributed by atoms with E-state index in [-0.39, 0.29) is 31.4 Å². The van der Waals surface area contributed by atoms with Gasteiger partial charge in [0.25, 0.3) is 0 Å². The number of carbonyl (C=O) groups excluding carboxylic acids is 3. The first-order chi connectivity index (χ1) is 13.1. The minimum Gasteiger partial charge on any atom is -0.467 e. The van der Waals surface area contributed by atoms with Crippen LogP contribution in [0.1, 0.15) is 31.9 Å². The van der Waals surface area contributed by atoms with Crippen LogP contribution in [0.25, 0.3) is 0 Å². The molecule has 1 unspecified atom stereocenters. The maximum atomic E-state index is 13.1. The molecule has 0 N–H and O–H groups in total. The third-order valence-corrected chi connectivity index (χ3v) is 5.01. The van der Waals surface area contributed by atoms with Gasteiger partial charge in [0.2, 0.25) is 18.2 Å². The molecule has 2 saturated heterocycles. The van der Waals surface area contributed by atoms with E-state index >= 15 is 0 Å². The van der Waals surface area contributed by atoms with E-state index in [0.717, 1.165) is 12.8 Å². The van der Waals surface area contributed by atoms with Crippen molar-refractivity contribution >= 4 is 18.2 Å². The molecular weight excluding hydrogens is 348 g/mol. The van der Waals surface area contributed by atoms with Gasteiger partial charge in [0.05, 0.1) is 32.4 Å². The molecule has 1 aromatic heterocycles. The van der Waals surface area contributed by atoms with Crippen LogP contribution in [0, 0.1) is 12.3 Å². The quantitative estimate of drug-likeness (QED) is 0.519. The van der Waals surface area contributed by atoms with Gasteiger partial charge in [0.15, 0.2) is 0 Å². The summed E-state index contributed by atoms with van der Waals surface area (Å²) >= 11 is 0. The van der Waals surface area contributed by atoms with Crippen molar-refractivity contribution in [1.29, 1.82) is 0 Å². The van der Waals surface area contributed by atoms with Gasteiger partial charge in [-0.05, 0) is 18.6 Å². The van der Waals surface area contributed by atoms with E-state index in [4.69, 9.17) is 10.8 Å². The second kappa shape index (κ2) is 8.27. The predicted octanol–water partition coefficient (Wildman–Crippen LogP) is 0.657. The van der Waals surface area contributed by atoms with Crippen molar-refractivity contribution in [3.8, 4) is 12.3 Å². The summed E-state index contributed by atoms with van der Waals surface area (Å²) in [4.78, 5) is 40.9. The molecule has 3 heterocycles. The first kappa shape index (κ1) is 19.0. The van der Waals surface area contributed by atoms with Crippen LogP contribution in [-0.4, -0.2) is 69.9 Å². The number of carbonyl (C=O) groups is 3. The number of hydrazine groups is 1. The van der Waals surface area contributed by atoms with Gasteiger partial charge >= 0.3 is 0 Å². The molecule has 2 atom stereocenters. The van der Waals surface area contributed by atoms with Crippen molar-refractivity contribution in [2.24, 2.45) is 0 Å². The lowest BCUT2D eigenvalue weighted by Gasteiger charge is -2.54. The molecule has 2 aliphatic heterocycles. The standard InChI is InChI=1S/C19H24N4O4/c1-3-5-8-16-19(26)20(11-15-7-6-10-27-15)12-17-22(14-24)21(9-4-2)13-18(25)23(16)17/h2,6-7,10,14,16-17H,3,5,8-9,11-13H2,1H3/t16-,17?/m0/s1. The maximum Gasteiger partial charge on any atom is 0.246 e. The summed E-state index contributed by atoms with van der Waals surface area (Å²) in [7, 11) is 0. The number of hydrogen-bond acceptors (Lipinski definition) is 5. The molecular formula is C19H24N4O4. The fraction of sp³-hybridized carbons (Fsp3) is 0.526. The monoisotopic (exact) mass is 372 g/mol. The second-order valence-corrected chi connectivity index (χ2v) is 6.75. The molecule has 27 heavy (non-hydrogen) atoms. The first-order valence-electron chi connectivity index (χ1n) is 9.15. The van der Waals surface area contributed by atoms with Crippen molar-refractivity contribution < 1.29 is 18.8 Å². The third kappa shape index (κ3) is 3.69. The van der Waals surface area contributed by atoms with Gasteiger partial charge in [-0.1, -0.05) is 25.7 Å². The van der Waals surface area contributed by atoms with E-state index in [1.54, 1.807) is 33.2 Å². The van der Waals surface area contributed by atoms with Crippen LogP contribution in [-0.2, 0) is 20.9 Å². The number of furan rings is 1. The summed E-state index contributed by atoms with van der Waals surface area (Å²) in [6, 6.07) is 2.98. The molecule has 3 amide bonds. The minimum atomic E-state index is -0.582. The van der Waals surface area contributed by atoms with Crippen LogP contribution in [0.3, 0.4) is 0 Å². The molecule has 0 spiro atoms. The summed E-state index contributed by atoms with van der Waals surface area (Å²) in [5.41, 5.74) is 0. The Hall–Kier alpha value is -2.79. The molecule has 0 aromatic carbocycles. The topological polar surface area (TPSA) is 77.3 Å². The zero-order valence-electron chi connectivity index (χ0n) is 15.4. The summed E-state index contributed by atoms with van der Waals surface area (Å²) in [6.07, 6.45) is 9.35. The molecule has 144 valence electrons. The number of unbranched alkanes of at least 4 members (excludes halogenated alkanes) is 1. The molecule has 0 radical (unpaired) electrons. The van der Waals surface area contributed by atoms with Crippen LogP contribution in [0.2, 0.25) is 0 Å². The van der Waals surface area contributed by atoms with Crippen LogP contribution >= 0.6 is 0 Å². The van der Waals surface area contributed by atoms with Crippen molar-refractivity contribution in [2.45, 2.75) is 44.9 Å². The maximum absolute atomic E-state index is 13.1. The SMILES string of the molecule is C#CCN1CC(=O)N2C(CN(Cc3ccco3)C(=O)[C@@H]2CCCC)N1C=O. The van der Waals surface area contributed by atoms with Crippen molar-refractivity contribution in [3.05, 3.63) is 24.2 Å². The van der Waals surface area contributed by atoms with Crippen molar-refractivity contribution in [1.82, 2.24) is 19.8 Å². The zero-order valence-corrected chi connectivity index (χ0v) is 15.4. The van der Waals surface area contributed by atoms with Gasteiger partial charge in [0.1, 0.15) is 18.0 Å². The van der Waals surface area contributed by atoms with Gasteiger partial charge in [-0.2, -0.15) is 5.01 Å². The first-order valence-corrected chi connectivity index (χ1v) is 9.15. The normalized spacial score (nSPS) is 23.3. The number of nitrogens with zero attached hydrogens (tertiary/aromatic N) is 4. The Morgan fingerprint density at radius 2 is 2.22 bits per heavy atom. The van der Waals surface area contributed by atoms with Gasteiger partial charge in [-0.3, -0.25) is 19.4 Å². The highest BCUT2D eigenvalue weighted by atomic mass is 16.3. The third-order valence-electron chi connectivity index (χ3n) is 5.01. The molecule has 0 saturated carbocycles. The average molecular weight is 372 g/mol. The Balaban J connectivity index is 1.91. The van der Waals surface area contributed by atoms with Gasteiger partial charge in [0, 0.05) is 0 Å². The Morgan fingerprint density at radius 3 is 2.85 bits per heavy atom. The lowest BCUT2D eigenvalue weighted by molar-refractivity contribution is -0.199. The lowest BCUT2D eigenvalue weighted by Crippen LogP contribution is -2.74. The highest BCUT2D eigenvalue weighted by molar-refractivity contribution is 5.90. The second-order valence-electron chi connectivity index (χ2n) is 6.75. The fourth-order valence-corrected chi connectivity index (χ4v) is 3.74. The molecule has 0 aliphatic carbocycles. The fourth-order valence-electron chi connectivity index (χ4n) is 3.74. The lowest BCUT2D eigenvalue weighted by atomic mass is 10.0. The van der Waals surface area contributed by atoms with Crippen molar-refractivity contribution in [3.63, 3.8) is 0 Å². The molecule has 3 rings (SSSR count). The minimum absolute atomic E-state index is 0.00642. The average Bonchev–Trinajstić information content (AvgIpc) is 3.16. The van der Waals surface area contributed by atoms with Gasteiger partial charge < -0.3 is 14.2 Å². The Morgan fingerprint density at radius 1 is 1.41 bits per heavy atom. The van der Waals surface area contributed by atoms with E-state index in [0.29, 0.717) is 25.1 Å².